The molecule has 0 aliphatic heterocycles. The predicted octanol–water partition coefficient (Wildman–Crippen LogP) is 2.11. The summed E-state index contributed by atoms with van der Waals surface area (Å²) >= 11 is 0.782. The van der Waals surface area contributed by atoms with Gasteiger partial charge in [0.25, 0.3) is 10.0 Å². The molecule has 0 fully saturated rings. The van der Waals surface area contributed by atoms with Crippen molar-refractivity contribution in [2.75, 3.05) is 13.6 Å². The van der Waals surface area contributed by atoms with Crippen LogP contribution in [-0.2, 0) is 10.0 Å². The van der Waals surface area contributed by atoms with Gasteiger partial charge >= 0.3 is 5.97 Å². The molecule has 0 aliphatic carbocycles. The molecule has 102 valence electrons. The highest BCUT2D eigenvalue weighted by Gasteiger charge is 2.24. The lowest BCUT2D eigenvalue weighted by atomic mass is 10.1. The molecule has 5 nitrogen and oxygen atoms in total. The van der Waals surface area contributed by atoms with E-state index in [0.29, 0.717) is 6.54 Å². The standard InChI is InChI=1S/C11H17NO4S2/c1-4-8(2)7-12(3)18(15,16)10-6-5-9(17-10)11(13)14/h5-6,8H,4,7H2,1-3H3,(H,13,14). The average molecular weight is 291 g/mol. The Hall–Kier alpha value is -0.920. The van der Waals surface area contributed by atoms with Crippen LogP contribution in [0.1, 0.15) is 29.9 Å². The van der Waals surface area contributed by atoms with Crippen molar-refractivity contribution in [3.63, 3.8) is 0 Å². The van der Waals surface area contributed by atoms with Gasteiger partial charge in [-0.2, -0.15) is 4.31 Å². The molecule has 0 amide bonds. The molecular weight excluding hydrogens is 274 g/mol. The van der Waals surface area contributed by atoms with Crippen LogP contribution in [0.5, 0.6) is 0 Å². The first-order chi connectivity index (χ1) is 8.28. The lowest BCUT2D eigenvalue weighted by molar-refractivity contribution is 0.0702. The third kappa shape index (κ3) is 3.30. The maximum absolute atomic E-state index is 12.2. The van der Waals surface area contributed by atoms with E-state index in [-0.39, 0.29) is 15.0 Å². The molecule has 1 aromatic heterocycles. The molecule has 0 bridgehead atoms. The van der Waals surface area contributed by atoms with E-state index in [2.05, 4.69) is 0 Å². The van der Waals surface area contributed by atoms with E-state index in [0.717, 1.165) is 17.8 Å². The highest BCUT2D eigenvalue weighted by atomic mass is 32.2. The van der Waals surface area contributed by atoms with Gasteiger partial charge in [0.15, 0.2) is 0 Å². The second-order valence-electron chi connectivity index (χ2n) is 4.22. The summed E-state index contributed by atoms with van der Waals surface area (Å²) in [5.74, 6) is -0.838. The number of carboxylic acid groups (broad SMARTS) is 1. The molecule has 1 atom stereocenters. The van der Waals surface area contributed by atoms with E-state index in [4.69, 9.17) is 5.11 Å². The van der Waals surface area contributed by atoms with Crippen LogP contribution in [0.3, 0.4) is 0 Å². The normalized spacial score (nSPS) is 13.8. The van der Waals surface area contributed by atoms with Gasteiger partial charge in [-0.15, -0.1) is 11.3 Å². The Bertz CT molecular complexity index is 521. The van der Waals surface area contributed by atoms with Crippen molar-refractivity contribution >= 4 is 27.3 Å². The minimum absolute atomic E-state index is 0.0329. The van der Waals surface area contributed by atoms with Gasteiger partial charge in [0.05, 0.1) is 0 Å². The number of carbonyl (C=O) groups is 1. The van der Waals surface area contributed by atoms with Crippen molar-refractivity contribution in [3.05, 3.63) is 17.0 Å². The highest BCUT2D eigenvalue weighted by Crippen LogP contribution is 2.24. The first-order valence-corrected chi connectivity index (χ1v) is 7.84. The molecule has 1 heterocycles. The molecule has 1 aromatic rings. The molecule has 0 aliphatic rings. The zero-order chi connectivity index (χ0) is 13.9. The van der Waals surface area contributed by atoms with E-state index >= 15 is 0 Å². The molecule has 1 unspecified atom stereocenters. The van der Waals surface area contributed by atoms with Crippen LogP contribution in [0.15, 0.2) is 16.3 Å². The third-order valence-corrected chi connectivity index (χ3v) is 6.09. The first-order valence-electron chi connectivity index (χ1n) is 5.58. The summed E-state index contributed by atoms with van der Waals surface area (Å²) in [6, 6.07) is 2.66. The Morgan fingerprint density at radius 3 is 2.56 bits per heavy atom. The van der Waals surface area contributed by atoms with Gasteiger partial charge in [0.2, 0.25) is 0 Å². The van der Waals surface area contributed by atoms with Crippen molar-refractivity contribution in [1.82, 2.24) is 4.31 Å². The van der Waals surface area contributed by atoms with Crippen molar-refractivity contribution < 1.29 is 18.3 Å². The van der Waals surface area contributed by atoms with Gasteiger partial charge in [-0.25, -0.2) is 13.2 Å². The molecule has 0 radical (unpaired) electrons. The van der Waals surface area contributed by atoms with Gasteiger partial charge in [-0.3, -0.25) is 0 Å². The summed E-state index contributed by atoms with van der Waals surface area (Å²) in [5.41, 5.74) is 0. The molecular formula is C11H17NO4S2. The monoisotopic (exact) mass is 291 g/mol. The van der Waals surface area contributed by atoms with Crippen LogP contribution >= 0.6 is 11.3 Å². The minimum Gasteiger partial charge on any atom is -0.477 e. The average Bonchev–Trinajstić information content (AvgIpc) is 2.78. The summed E-state index contributed by atoms with van der Waals surface area (Å²) < 4.78 is 25.7. The highest BCUT2D eigenvalue weighted by molar-refractivity contribution is 7.91. The summed E-state index contributed by atoms with van der Waals surface area (Å²) in [4.78, 5) is 10.8. The number of thiophene rings is 1. The second kappa shape index (κ2) is 5.81. The lowest BCUT2D eigenvalue weighted by Gasteiger charge is -2.19. The molecule has 0 saturated heterocycles. The van der Waals surface area contributed by atoms with Gasteiger partial charge in [-0.1, -0.05) is 20.3 Å². The largest absolute Gasteiger partial charge is 0.477 e. The van der Waals surface area contributed by atoms with Crippen LogP contribution in [0.2, 0.25) is 0 Å². The Balaban J connectivity index is 2.94. The van der Waals surface area contributed by atoms with Crippen molar-refractivity contribution in [1.29, 1.82) is 0 Å². The number of aromatic carboxylic acids is 1. The van der Waals surface area contributed by atoms with Crippen molar-refractivity contribution in [2.45, 2.75) is 24.5 Å². The fourth-order valence-corrected chi connectivity index (χ4v) is 4.04. The van der Waals surface area contributed by atoms with Crippen LogP contribution in [0, 0.1) is 5.92 Å². The molecule has 18 heavy (non-hydrogen) atoms. The van der Waals surface area contributed by atoms with E-state index in [1.807, 2.05) is 13.8 Å². The van der Waals surface area contributed by atoms with Crippen LogP contribution in [-0.4, -0.2) is 37.4 Å². The van der Waals surface area contributed by atoms with Gasteiger partial charge < -0.3 is 5.11 Å². The third-order valence-electron chi connectivity index (χ3n) is 2.72. The van der Waals surface area contributed by atoms with E-state index in [9.17, 15) is 13.2 Å². The number of carboxylic acids is 1. The number of sulfonamides is 1. The fraction of sp³-hybridized carbons (Fsp3) is 0.545. The summed E-state index contributed by atoms with van der Waals surface area (Å²) in [6.07, 6.45) is 0.894. The molecule has 1 N–H and O–H groups in total. The Labute approximate surface area is 111 Å². The van der Waals surface area contributed by atoms with Crippen LogP contribution < -0.4 is 0 Å². The summed E-state index contributed by atoms with van der Waals surface area (Å²) in [6.45, 7) is 4.40. The molecule has 0 spiro atoms. The molecule has 7 heteroatoms. The van der Waals surface area contributed by atoms with Gasteiger partial charge in [-0.05, 0) is 18.1 Å². The second-order valence-corrected chi connectivity index (χ2v) is 7.58. The topological polar surface area (TPSA) is 74.7 Å². The van der Waals surface area contributed by atoms with Gasteiger partial charge in [0, 0.05) is 13.6 Å². The zero-order valence-corrected chi connectivity index (χ0v) is 12.2. The van der Waals surface area contributed by atoms with Crippen LogP contribution in [0.25, 0.3) is 0 Å². The molecule has 1 rings (SSSR count). The number of hydrogen-bond acceptors (Lipinski definition) is 4. The zero-order valence-electron chi connectivity index (χ0n) is 10.6. The van der Waals surface area contributed by atoms with E-state index in [1.54, 1.807) is 0 Å². The first kappa shape index (κ1) is 15.1. The van der Waals surface area contributed by atoms with Crippen LogP contribution in [0.4, 0.5) is 0 Å². The lowest BCUT2D eigenvalue weighted by Crippen LogP contribution is -2.30. The Kier molecular flexibility index (Phi) is 4.89. The van der Waals surface area contributed by atoms with Crippen molar-refractivity contribution in [2.24, 2.45) is 5.92 Å². The smallest absolute Gasteiger partial charge is 0.345 e. The van der Waals surface area contributed by atoms with Gasteiger partial charge in [0.1, 0.15) is 9.09 Å². The minimum atomic E-state index is -3.57. The quantitative estimate of drug-likeness (QED) is 0.871. The maximum Gasteiger partial charge on any atom is 0.345 e. The number of rotatable bonds is 6. The van der Waals surface area contributed by atoms with Crippen molar-refractivity contribution in [3.8, 4) is 0 Å². The fourth-order valence-electron chi connectivity index (χ4n) is 1.39. The number of hydrogen-bond donors (Lipinski definition) is 1. The molecule has 0 saturated carbocycles. The summed E-state index contributed by atoms with van der Waals surface area (Å²) in [7, 11) is -2.05. The van der Waals surface area contributed by atoms with E-state index < -0.39 is 16.0 Å². The maximum atomic E-state index is 12.2. The molecule has 0 aromatic carbocycles. The predicted molar refractivity (Wildman–Crippen MR) is 70.5 cm³/mol. The Morgan fingerprint density at radius 1 is 1.50 bits per heavy atom. The van der Waals surface area contributed by atoms with E-state index in [1.165, 1.54) is 23.5 Å². The summed E-state index contributed by atoms with van der Waals surface area (Å²) in [5, 5.41) is 8.79. The SMILES string of the molecule is CCC(C)CN(C)S(=O)(=O)c1ccc(C(=O)O)s1. The Morgan fingerprint density at radius 2 is 2.11 bits per heavy atom. The number of nitrogens with zero attached hydrogens (tertiary/aromatic N) is 1.